The molecular weight excluding hydrogens is 309 g/mol. The summed E-state index contributed by atoms with van der Waals surface area (Å²) in [5.41, 5.74) is 3.66. The Kier molecular flexibility index (Phi) is 5.08. The van der Waals surface area contributed by atoms with Crippen molar-refractivity contribution in [3.63, 3.8) is 0 Å². The molecule has 0 spiro atoms. The first-order chi connectivity index (χ1) is 11.6. The van der Waals surface area contributed by atoms with Crippen LogP contribution in [0, 0.1) is 5.82 Å². The van der Waals surface area contributed by atoms with E-state index in [2.05, 4.69) is 12.5 Å². The minimum Gasteiger partial charge on any atom is -0.457 e. The monoisotopic (exact) mass is 330 g/mol. The number of hydrogen-bond acceptors (Lipinski definition) is 3. The molecule has 0 atom stereocenters. The molecule has 1 fully saturated rings. The largest absolute Gasteiger partial charge is 0.457 e. The third kappa shape index (κ3) is 4.31. The topological polar surface area (TPSA) is 49.9 Å². The summed E-state index contributed by atoms with van der Waals surface area (Å²) in [6, 6.07) is 9.67. The van der Waals surface area contributed by atoms with Gasteiger partial charge in [-0.15, -0.1) is 0 Å². The van der Waals surface area contributed by atoms with Crippen LogP contribution in [-0.4, -0.2) is 44.1 Å². The molecule has 0 bridgehead atoms. The van der Waals surface area contributed by atoms with Gasteiger partial charge in [0.05, 0.1) is 33.2 Å². The zero-order valence-electron chi connectivity index (χ0n) is 13.6. The molecule has 1 aromatic heterocycles. The predicted molar refractivity (Wildman–Crippen MR) is 89.5 cm³/mol. The van der Waals surface area contributed by atoms with Crippen molar-refractivity contribution in [1.29, 1.82) is 0 Å². The van der Waals surface area contributed by atoms with Crippen LogP contribution in [0.2, 0.25) is 0 Å². The predicted octanol–water partition coefficient (Wildman–Crippen LogP) is 0.960. The lowest BCUT2D eigenvalue weighted by Crippen LogP contribution is -3.12. The number of nitrogens with zero attached hydrogens (tertiary/aromatic N) is 1. The molecule has 2 heterocycles. The molecule has 1 saturated heterocycles. The molecule has 1 aromatic carbocycles. The number of benzene rings is 1. The molecule has 0 radical (unpaired) electrons. The van der Waals surface area contributed by atoms with Gasteiger partial charge < -0.3 is 9.32 Å². The van der Waals surface area contributed by atoms with Crippen molar-refractivity contribution < 1.29 is 18.5 Å². The van der Waals surface area contributed by atoms with Crippen LogP contribution in [0.1, 0.15) is 5.76 Å². The molecule has 3 rings (SSSR count). The lowest BCUT2D eigenvalue weighted by atomic mass is 10.2. The van der Waals surface area contributed by atoms with Gasteiger partial charge in [-0.05, 0) is 42.5 Å². The van der Waals surface area contributed by atoms with Gasteiger partial charge >= 0.3 is 0 Å². The second-order valence-corrected chi connectivity index (χ2v) is 5.96. The second kappa shape index (κ2) is 7.42. The van der Waals surface area contributed by atoms with E-state index < -0.39 is 0 Å². The Hall–Kier alpha value is -2.44. The highest BCUT2D eigenvalue weighted by Gasteiger charge is 2.17. The normalized spacial score (nSPS) is 16.6. The lowest BCUT2D eigenvalue weighted by molar-refractivity contribution is -0.884. The molecule has 2 aromatic rings. The quantitative estimate of drug-likeness (QED) is 0.821. The van der Waals surface area contributed by atoms with Gasteiger partial charge in [0.15, 0.2) is 0 Å². The first kappa shape index (κ1) is 16.4. The van der Waals surface area contributed by atoms with Crippen molar-refractivity contribution in [1.82, 2.24) is 10.4 Å². The average molecular weight is 330 g/mol. The van der Waals surface area contributed by atoms with Gasteiger partial charge in [0, 0.05) is 11.6 Å². The number of amides is 1. The highest BCUT2D eigenvalue weighted by Crippen LogP contribution is 2.22. The van der Waals surface area contributed by atoms with Crippen molar-refractivity contribution >= 4 is 12.0 Å². The molecule has 1 aliphatic heterocycles. The summed E-state index contributed by atoms with van der Waals surface area (Å²) in [4.78, 5) is 13.4. The van der Waals surface area contributed by atoms with Crippen LogP contribution in [-0.2, 0) is 4.79 Å². The van der Waals surface area contributed by atoms with Crippen LogP contribution < -0.4 is 10.3 Å². The van der Waals surface area contributed by atoms with E-state index in [0.29, 0.717) is 11.5 Å². The van der Waals surface area contributed by atoms with Crippen molar-refractivity contribution in [3.8, 4) is 11.3 Å². The number of hydrogen-bond donors (Lipinski definition) is 2. The third-order valence-corrected chi connectivity index (χ3v) is 4.04. The molecule has 0 unspecified atom stereocenters. The maximum Gasteiger partial charge on any atom is 0.258 e. The molecule has 126 valence electrons. The van der Waals surface area contributed by atoms with Gasteiger partial charge in [0.2, 0.25) is 0 Å². The summed E-state index contributed by atoms with van der Waals surface area (Å²) < 4.78 is 18.6. The van der Waals surface area contributed by atoms with E-state index in [-0.39, 0.29) is 11.7 Å². The fraction of sp³-hybridized carbons (Fsp3) is 0.278. The maximum absolute atomic E-state index is 12.9. The molecule has 1 amide bonds. The number of carbonyl (C=O) groups excluding carboxylic acids is 1. The number of nitrogens with one attached hydrogen (secondary N) is 2. The van der Waals surface area contributed by atoms with E-state index in [4.69, 9.17) is 4.42 Å². The van der Waals surface area contributed by atoms with E-state index in [0.717, 1.165) is 31.7 Å². The summed E-state index contributed by atoms with van der Waals surface area (Å²) in [5, 5.41) is 1.94. The van der Waals surface area contributed by atoms with Crippen molar-refractivity contribution in [2.75, 3.05) is 33.2 Å². The molecule has 0 aliphatic carbocycles. The first-order valence-electron chi connectivity index (χ1n) is 8.01. The average Bonchev–Trinajstić information content (AvgIpc) is 3.05. The number of carbonyl (C=O) groups is 1. The Labute approximate surface area is 140 Å². The van der Waals surface area contributed by atoms with Crippen LogP contribution in [0.25, 0.3) is 17.4 Å². The zero-order valence-corrected chi connectivity index (χ0v) is 13.6. The van der Waals surface area contributed by atoms with Gasteiger partial charge in [0.25, 0.3) is 5.91 Å². The Morgan fingerprint density at radius 1 is 1.21 bits per heavy atom. The van der Waals surface area contributed by atoms with E-state index in [1.807, 2.05) is 5.01 Å². The highest BCUT2D eigenvalue weighted by atomic mass is 19.1. The molecular formula is C18H21FN3O2+. The highest BCUT2D eigenvalue weighted by molar-refractivity contribution is 5.91. The Morgan fingerprint density at radius 3 is 2.62 bits per heavy atom. The van der Waals surface area contributed by atoms with Gasteiger partial charge in [-0.3, -0.25) is 10.2 Å². The summed E-state index contributed by atoms with van der Waals surface area (Å²) in [6.45, 7) is 3.73. The fourth-order valence-electron chi connectivity index (χ4n) is 2.56. The Bertz CT molecular complexity index is 716. The van der Waals surface area contributed by atoms with Gasteiger partial charge in [0.1, 0.15) is 17.3 Å². The maximum atomic E-state index is 12.9. The van der Waals surface area contributed by atoms with Crippen LogP contribution >= 0.6 is 0 Å². The third-order valence-electron chi connectivity index (χ3n) is 4.04. The molecule has 2 N–H and O–H groups in total. The fourth-order valence-corrected chi connectivity index (χ4v) is 2.56. The van der Waals surface area contributed by atoms with Crippen molar-refractivity contribution in [2.45, 2.75) is 0 Å². The van der Waals surface area contributed by atoms with Crippen molar-refractivity contribution in [3.05, 3.63) is 54.1 Å². The Morgan fingerprint density at radius 2 is 1.92 bits per heavy atom. The number of hydrazine groups is 1. The number of quaternary nitrogens is 1. The molecule has 0 saturated carbocycles. The lowest BCUT2D eigenvalue weighted by Gasteiger charge is -2.29. The van der Waals surface area contributed by atoms with Crippen LogP contribution in [0.15, 0.2) is 46.9 Å². The van der Waals surface area contributed by atoms with Gasteiger partial charge in [-0.25, -0.2) is 9.40 Å². The standard InChI is InChI=1S/C18H20FN3O2/c1-21-10-12-22(13-11-21)20-18(23)9-7-16-6-8-17(24-16)14-2-4-15(19)5-3-14/h2-9H,10-13H2,1H3,(H,20,23)/p+1/b9-7+. The molecule has 6 heteroatoms. The molecule has 24 heavy (non-hydrogen) atoms. The minimum absolute atomic E-state index is 0.172. The number of piperazine rings is 1. The molecule has 5 nitrogen and oxygen atoms in total. The second-order valence-electron chi connectivity index (χ2n) is 5.96. The SMILES string of the molecule is C[NH+]1CCN(NC(=O)/C=C/c2ccc(-c3ccc(F)cc3)o2)CC1. The van der Waals surface area contributed by atoms with Gasteiger partial charge in [-0.2, -0.15) is 0 Å². The van der Waals surface area contributed by atoms with Crippen LogP contribution in [0.5, 0.6) is 0 Å². The summed E-state index contributed by atoms with van der Waals surface area (Å²) in [7, 11) is 2.15. The minimum atomic E-state index is -0.285. The smallest absolute Gasteiger partial charge is 0.258 e. The van der Waals surface area contributed by atoms with E-state index >= 15 is 0 Å². The van der Waals surface area contributed by atoms with Gasteiger partial charge in [-0.1, -0.05) is 0 Å². The van der Waals surface area contributed by atoms with Crippen LogP contribution in [0.3, 0.4) is 0 Å². The number of halogens is 1. The number of likely N-dealkylation sites (N-methyl/N-ethyl adjacent to an activating group) is 1. The summed E-state index contributed by atoms with van der Waals surface area (Å²) in [5.74, 6) is 0.756. The summed E-state index contributed by atoms with van der Waals surface area (Å²) in [6.07, 6.45) is 3.09. The van der Waals surface area contributed by atoms with E-state index in [1.54, 1.807) is 30.3 Å². The Balaban J connectivity index is 1.56. The molecule has 1 aliphatic rings. The van der Waals surface area contributed by atoms with Crippen molar-refractivity contribution in [2.24, 2.45) is 0 Å². The van der Waals surface area contributed by atoms with E-state index in [1.165, 1.54) is 23.1 Å². The number of rotatable bonds is 4. The first-order valence-corrected chi connectivity index (χ1v) is 8.01. The van der Waals surface area contributed by atoms with Crippen LogP contribution in [0.4, 0.5) is 4.39 Å². The number of furan rings is 1. The van der Waals surface area contributed by atoms with E-state index in [9.17, 15) is 9.18 Å². The zero-order chi connectivity index (χ0) is 16.9. The summed E-state index contributed by atoms with van der Waals surface area (Å²) >= 11 is 0.